The van der Waals surface area contributed by atoms with Gasteiger partial charge in [0.1, 0.15) is 0 Å². The van der Waals surface area contributed by atoms with Gasteiger partial charge in [0.05, 0.1) is 16.5 Å². The second-order valence-electron chi connectivity index (χ2n) is 5.13. The van der Waals surface area contributed by atoms with Crippen molar-refractivity contribution in [1.29, 1.82) is 5.26 Å². The highest BCUT2D eigenvalue weighted by Crippen LogP contribution is 2.28. The number of nitriles is 1. The summed E-state index contributed by atoms with van der Waals surface area (Å²) in [7, 11) is -3.56. The molecule has 0 bridgehead atoms. The molecule has 1 aromatic carbocycles. The molecular formula is C13H17N3O2S. The van der Waals surface area contributed by atoms with Gasteiger partial charge in [0.25, 0.3) is 0 Å². The van der Waals surface area contributed by atoms with E-state index >= 15 is 0 Å². The molecule has 0 heterocycles. The molecule has 1 aliphatic carbocycles. The van der Waals surface area contributed by atoms with Crippen molar-refractivity contribution in [3.63, 3.8) is 0 Å². The van der Waals surface area contributed by atoms with Gasteiger partial charge in [0.15, 0.2) is 0 Å². The Balaban J connectivity index is 2.17. The summed E-state index contributed by atoms with van der Waals surface area (Å²) < 4.78 is 26.9. The van der Waals surface area contributed by atoms with Crippen molar-refractivity contribution in [2.45, 2.75) is 36.6 Å². The summed E-state index contributed by atoms with van der Waals surface area (Å²) in [6.45, 7) is 1.94. The van der Waals surface area contributed by atoms with E-state index in [1.165, 1.54) is 12.1 Å². The van der Waals surface area contributed by atoms with Crippen molar-refractivity contribution >= 4 is 10.0 Å². The maximum absolute atomic E-state index is 12.2. The van der Waals surface area contributed by atoms with Gasteiger partial charge in [-0.05, 0) is 49.9 Å². The fraction of sp³-hybridized carbons (Fsp3) is 0.462. The van der Waals surface area contributed by atoms with Gasteiger partial charge in [0, 0.05) is 12.1 Å². The largest absolute Gasteiger partial charge is 0.324 e. The van der Waals surface area contributed by atoms with Crippen LogP contribution in [0.1, 0.15) is 30.4 Å². The van der Waals surface area contributed by atoms with E-state index in [9.17, 15) is 8.42 Å². The number of nitrogens with zero attached hydrogens (tertiary/aromatic N) is 1. The molecule has 102 valence electrons. The maximum atomic E-state index is 12.2. The first-order valence-corrected chi connectivity index (χ1v) is 7.64. The van der Waals surface area contributed by atoms with Gasteiger partial charge < -0.3 is 5.73 Å². The molecule has 19 heavy (non-hydrogen) atoms. The molecule has 0 aromatic heterocycles. The Kier molecular flexibility index (Phi) is 3.63. The van der Waals surface area contributed by atoms with Gasteiger partial charge in [0.2, 0.25) is 10.0 Å². The number of hydrogen-bond acceptors (Lipinski definition) is 4. The Hall–Kier alpha value is -1.42. The highest BCUT2D eigenvalue weighted by atomic mass is 32.2. The lowest BCUT2D eigenvalue weighted by molar-refractivity contribution is 0.251. The van der Waals surface area contributed by atoms with Gasteiger partial charge in [-0.25, -0.2) is 13.1 Å². The molecular weight excluding hydrogens is 262 g/mol. The van der Waals surface area contributed by atoms with Crippen LogP contribution in [0.15, 0.2) is 23.1 Å². The lowest BCUT2D eigenvalue weighted by Crippen LogP contribution is -2.54. The molecule has 2 rings (SSSR count). The first-order valence-electron chi connectivity index (χ1n) is 6.16. The normalized spacial score (nSPS) is 17.5. The van der Waals surface area contributed by atoms with Crippen LogP contribution < -0.4 is 10.5 Å². The number of nitrogens with one attached hydrogen (secondary N) is 1. The van der Waals surface area contributed by atoms with Crippen LogP contribution in [0, 0.1) is 18.3 Å². The van der Waals surface area contributed by atoms with Crippen LogP contribution in [0.5, 0.6) is 0 Å². The van der Waals surface area contributed by atoms with Gasteiger partial charge in [-0.15, -0.1) is 0 Å². The molecule has 3 N–H and O–H groups in total. The molecule has 0 radical (unpaired) electrons. The predicted molar refractivity (Wildman–Crippen MR) is 71.9 cm³/mol. The van der Waals surface area contributed by atoms with Crippen LogP contribution in [0.25, 0.3) is 0 Å². The van der Waals surface area contributed by atoms with Crippen LogP contribution in [0.3, 0.4) is 0 Å². The lowest BCUT2D eigenvalue weighted by Gasteiger charge is -2.38. The van der Waals surface area contributed by atoms with Crippen molar-refractivity contribution in [2.24, 2.45) is 5.73 Å². The molecule has 0 unspecified atom stereocenters. The van der Waals surface area contributed by atoms with Crippen LogP contribution in [0.4, 0.5) is 0 Å². The van der Waals surface area contributed by atoms with E-state index in [0.717, 1.165) is 19.3 Å². The van der Waals surface area contributed by atoms with Crippen molar-refractivity contribution < 1.29 is 8.42 Å². The molecule has 0 saturated heterocycles. The average molecular weight is 279 g/mol. The Morgan fingerprint density at radius 1 is 1.47 bits per heavy atom. The second kappa shape index (κ2) is 4.93. The number of aryl methyl sites for hydroxylation is 1. The zero-order chi connectivity index (χ0) is 14.1. The van der Waals surface area contributed by atoms with E-state index in [2.05, 4.69) is 4.72 Å². The topological polar surface area (TPSA) is 96.0 Å². The minimum absolute atomic E-state index is 0.203. The predicted octanol–water partition coefficient (Wildman–Crippen LogP) is 1.03. The van der Waals surface area contributed by atoms with Crippen LogP contribution in [-0.4, -0.2) is 20.5 Å². The molecule has 0 amide bonds. The zero-order valence-electron chi connectivity index (χ0n) is 10.8. The molecule has 1 aromatic rings. The number of benzene rings is 1. The molecule has 5 nitrogen and oxygen atoms in total. The van der Waals surface area contributed by atoms with Crippen molar-refractivity contribution in [3.8, 4) is 6.07 Å². The fourth-order valence-corrected chi connectivity index (χ4v) is 3.51. The monoisotopic (exact) mass is 279 g/mol. The maximum Gasteiger partial charge on any atom is 0.240 e. The first-order chi connectivity index (χ1) is 8.86. The van der Waals surface area contributed by atoms with Gasteiger partial charge in [-0.1, -0.05) is 0 Å². The molecule has 0 aliphatic heterocycles. The van der Waals surface area contributed by atoms with Gasteiger partial charge in [-0.3, -0.25) is 0 Å². The number of rotatable bonds is 4. The minimum Gasteiger partial charge on any atom is -0.324 e. The Labute approximate surface area is 113 Å². The molecule has 1 fully saturated rings. The van der Waals surface area contributed by atoms with Crippen molar-refractivity contribution in [1.82, 2.24) is 4.72 Å². The summed E-state index contributed by atoms with van der Waals surface area (Å²) in [4.78, 5) is 0.203. The lowest BCUT2D eigenvalue weighted by atomic mass is 9.78. The van der Waals surface area contributed by atoms with Crippen molar-refractivity contribution in [3.05, 3.63) is 29.3 Å². The van der Waals surface area contributed by atoms with Crippen LogP contribution in [0.2, 0.25) is 0 Å². The molecule has 0 atom stereocenters. The highest BCUT2D eigenvalue weighted by Gasteiger charge is 2.33. The third-order valence-electron chi connectivity index (χ3n) is 3.56. The van der Waals surface area contributed by atoms with E-state index < -0.39 is 15.6 Å². The average Bonchev–Trinajstić information content (AvgIpc) is 2.33. The molecule has 1 aliphatic rings. The summed E-state index contributed by atoms with van der Waals surface area (Å²) in [5, 5.41) is 8.77. The standard InChI is InChI=1S/C13H17N3O2S/c1-10-7-11(8-14)3-4-12(10)19(17,18)16-9-13(15)5-2-6-13/h3-4,7,16H,2,5-6,9,15H2,1H3. The molecule has 6 heteroatoms. The third kappa shape index (κ3) is 2.95. The highest BCUT2D eigenvalue weighted by molar-refractivity contribution is 7.89. The van der Waals surface area contributed by atoms with Crippen LogP contribution in [-0.2, 0) is 10.0 Å². The summed E-state index contributed by atoms with van der Waals surface area (Å²) in [5.74, 6) is 0. The van der Waals surface area contributed by atoms with Crippen molar-refractivity contribution in [2.75, 3.05) is 6.54 Å². The summed E-state index contributed by atoms with van der Waals surface area (Å²) >= 11 is 0. The summed E-state index contributed by atoms with van der Waals surface area (Å²) in [6.07, 6.45) is 2.75. The second-order valence-corrected chi connectivity index (χ2v) is 6.87. The molecule has 0 spiro atoms. The Bertz CT molecular complexity index is 628. The Morgan fingerprint density at radius 3 is 2.63 bits per heavy atom. The summed E-state index contributed by atoms with van der Waals surface area (Å²) in [5.41, 5.74) is 6.62. The van der Waals surface area contributed by atoms with E-state index in [4.69, 9.17) is 11.0 Å². The third-order valence-corrected chi connectivity index (χ3v) is 5.12. The number of sulfonamides is 1. The zero-order valence-corrected chi connectivity index (χ0v) is 11.6. The van der Waals surface area contributed by atoms with Crippen LogP contribution >= 0.6 is 0 Å². The Morgan fingerprint density at radius 2 is 2.16 bits per heavy atom. The SMILES string of the molecule is Cc1cc(C#N)ccc1S(=O)(=O)NCC1(N)CCC1. The number of nitrogens with two attached hydrogens (primary N) is 1. The molecule has 1 saturated carbocycles. The van der Waals surface area contributed by atoms with E-state index in [-0.39, 0.29) is 11.4 Å². The fourth-order valence-electron chi connectivity index (χ4n) is 2.14. The van der Waals surface area contributed by atoms with E-state index in [1.54, 1.807) is 13.0 Å². The smallest absolute Gasteiger partial charge is 0.240 e. The summed E-state index contributed by atoms with van der Waals surface area (Å²) in [6, 6.07) is 6.51. The van der Waals surface area contributed by atoms with Gasteiger partial charge in [-0.2, -0.15) is 5.26 Å². The first kappa shape index (κ1) is 14.0. The number of hydrogen-bond donors (Lipinski definition) is 2. The van der Waals surface area contributed by atoms with Gasteiger partial charge >= 0.3 is 0 Å². The van der Waals surface area contributed by atoms with E-state index in [1.807, 2.05) is 6.07 Å². The quantitative estimate of drug-likeness (QED) is 0.860. The van der Waals surface area contributed by atoms with E-state index in [0.29, 0.717) is 11.1 Å². The minimum atomic E-state index is -3.56.